The highest BCUT2D eigenvalue weighted by atomic mass is 127. The lowest BCUT2D eigenvalue weighted by molar-refractivity contribution is 0.0782. The number of carbonyl (C=O) groups excluding carboxylic acids is 1. The molecule has 0 bridgehead atoms. The van der Waals surface area contributed by atoms with Gasteiger partial charge in [0.25, 0.3) is 5.91 Å². The number of carbonyl (C=O) groups is 1. The highest BCUT2D eigenvalue weighted by Crippen LogP contribution is 2.24. The third-order valence-corrected chi connectivity index (χ3v) is 4.05. The first-order valence-electron chi connectivity index (χ1n) is 6.16. The number of halogens is 2. The highest BCUT2D eigenvalue weighted by molar-refractivity contribution is 14.1. The van der Waals surface area contributed by atoms with Crippen LogP contribution in [0, 0.1) is 3.57 Å². The summed E-state index contributed by atoms with van der Waals surface area (Å²) in [6.07, 6.45) is 0. The standard InChI is InChI=1S/C15H14ClIN2O2/c1-19(8-9-6-11(18)3-4-13(9)16)15(21)12-7-10(17)2-5-14(12)20/h2-7,20H,8,18H2,1H3. The van der Waals surface area contributed by atoms with Crippen molar-refractivity contribution in [1.82, 2.24) is 4.90 Å². The third-order valence-electron chi connectivity index (χ3n) is 3.01. The summed E-state index contributed by atoms with van der Waals surface area (Å²) in [4.78, 5) is 13.9. The van der Waals surface area contributed by atoms with Crippen LogP contribution in [0.15, 0.2) is 36.4 Å². The second-order valence-electron chi connectivity index (χ2n) is 4.67. The minimum Gasteiger partial charge on any atom is -0.507 e. The molecule has 0 spiro atoms. The fourth-order valence-corrected chi connectivity index (χ4v) is 2.60. The summed E-state index contributed by atoms with van der Waals surface area (Å²) >= 11 is 8.20. The van der Waals surface area contributed by atoms with Crippen molar-refractivity contribution in [1.29, 1.82) is 0 Å². The molecule has 3 N–H and O–H groups in total. The summed E-state index contributed by atoms with van der Waals surface area (Å²) in [6, 6.07) is 10.0. The maximum atomic E-state index is 12.4. The van der Waals surface area contributed by atoms with E-state index in [0.717, 1.165) is 9.13 Å². The molecule has 1 amide bonds. The minimum atomic E-state index is -0.274. The molecule has 4 nitrogen and oxygen atoms in total. The largest absolute Gasteiger partial charge is 0.507 e. The molecule has 2 aromatic carbocycles. The van der Waals surface area contributed by atoms with Crippen LogP contribution in [0.4, 0.5) is 5.69 Å². The van der Waals surface area contributed by atoms with E-state index in [1.165, 1.54) is 11.0 Å². The average molecular weight is 417 g/mol. The first-order chi connectivity index (χ1) is 9.88. The monoisotopic (exact) mass is 416 g/mol. The molecule has 0 saturated carbocycles. The van der Waals surface area contributed by atoms with Crippen LogP contribution in [0.1, 0.15) is 15.9 Å². The van der Waals surface area contributed by atoms with Crippen LogP contribution in [0.25, 0.3) is 0 Å². The number of nitrogens with two attached hydrogens (primary N) is 1. The van der Waals surface area contributed by atoms with E-state index >= 15 is 0 Å². The number of benzene rings is 2. The molecule has 0 atom stereocenters. The zero-order chi connectivity index (χ0) is 15.6. The van der Waals surface area contributed by atoms with Gasteiger partial charge in [-0.1, -0.05) is 11.6 Å². The molecule has 0 radical (unpaired) electrons. The number of hydrogen-bond donors (Lipinski definition) is 2. The molecule has 2 aromatic rings. The van der Waals surface area contributed by atoms with Crippen LogP contribution < -0.4 is 5.73 Å². The lowest BCUT2D eigenvalue weighted by Gasteiger charge is -2.19. The van der Waals surface area contributed by atoms with Gasteiger partial charge in [-0.15, -0.1) is 0 Å². The summed E-state index contributed by atoms with van der Waals surface area (Å²) in [7, 11) is 1.65. The molecule has 2 rings (SSSR count). The Kier molecular flexibility index (Phi) is 4.95. The van der Waals surface area contributed by atoms with E-state index in [4.69, 9.17) is 17.3 Å². The highest BCUT2D eigenvalue weighted by Gasteiger charge is 2.17. The van der Waals surface area contributed by atoms with Gasteiger partial charge in [-0.3, -0.25) is 4.79 Å². The van der Waals surface area contributed by atoms with Crippen molar-refractivity contribution in [3.05, 3.63) is 56.1 Å². The number of anilines is 1. The van der Waals surface area contributed by atoms with Gasteiger partial charge in [0.05, 0.1) is 5.56 Å². The molecule has 110 valence electrons. The predicted octanol–water partition coefficient (Wildman–Crippen LogP) is 3.50. The summed E-state index contributed by atoms with van der Waals surface area (Å²) < 4.78 is 0.879. The van der Waals surface area contributed by atoms with Gasteiger partial charge in [0.15, 0.2) is 0 Å². The molecule has 0 aliphatic carbocycles. The maximum Gasteiger partial charge on any atom is 0.257 e. The van der Waals surface area contributed by atoms with Crippen molar-refractivity contribution >= 4 is 45.8 Å². The second kappa shape index (κ2) is 6.53. The molecule has 0 fully saturated rings. The van der Waals surface area contributed by atoms with Gasteiger partial charge < -0.3 is 15.7 Å². The third kappa shape index (κ3) is 3.79. The van der Waals surface area contributed by atoms with E-state index in [1.807, 2.05) is 0 Å². The fourth-order valence-electron chi connectivity index (χ4n) is 1.93. The van der Waals surface area contributed by atoms with Crippen LogP contribution in [0.2, 0.25) is 5.02 Å². The number of phenols is 1. The summed E-state index contributed by atoms with van der Waals surface area (Å²) in [5.74, 6) is -0.310. The minimum absolute atomic E-state index is 0.0362. The van der Waals surface area contributed by atoms with Crippen molar-refractivity contribution in [2.45, 2.75) is 6.54 Å². The van der Waals surface area contributed by atoms with E-state index in [9.17, 15) is 9.90 Å². The Labute approximate surface area is 141 Å². The van der Waals surface area contributed by atoms with Gasteiger partial charge in [-0.2, -0.15) is 0 Å². The summed E-state index contributed by atoms with van der Waals surface area (Å²) in [6.45, 7) is 0.313. The van der Waals surface area contributed by atoms with Crippen molar-refractivity contribution in [3.8, 4) is 5.75 Å². The molecule has 0 aromatic heterocycles. The molecular weight excluding hydrogens is 403 g/mol. The van der Waals surface area contributed by atoms with Gasteiger partial charge in [0, 0.05) is 27.9 Å². The number of nitrogen functional groups attached to an aromatic ring is 1. The van der Waals surface area contributed by atoms with Gasteiger partial charge in [0.1, 0.15) is 5.75 Å². The average Bonchev–Trinajstić information content (AvgIpc) is 2.44. The summed E-state index contributed by atoms with van der Waals surface area (Å²) in [5.41, 5.74) is 7.35. The van der Waals surface area contributed by atoms with Gasteiger partial charge in [-0.05, 0) is 64.6 Å². The Morgan fingerprint density at radius 2 is 2.05 bits per heavy atom. The van der Waals surface area contributed by atoms with Crippen molar-refractivity contribution < 1.29 is 9.90 Å². The van der Waals surface area contributed by atoms with Crippen LogP contribution in [-0.4, -0.2) is 23.0 Å². The molecule has 0 heterocycles. The molecule has 0 aliphatic rings. The first kappa shape index (κ1) is 15.9. The predicted molar refractivity (Wildman–Crippen MR) is 92.5 cm³/mol. The van der Waals surface area contributed by atoms with Crippen molar-refractivity contribution in [3.63, 3.8) is 0 Å². The van der Waals surface area contributed by atoms with Crippen molar-refractivity contribution in [2.24, 2.45) is 0 Å². The van der Waals surface area contributed by atoms with Gasteiger partial charge in [-0.25, -0.2) is 0 Å². The molecule has 0 aliphatic heterocycles. The van der Waals surface area contributed by atoms with Crippen LogP contribution in [-0.2, 0) is 6.54 Å². The van der Waals surface area contributed by atoms with Crippen LogP contribution >= 0.6 is 34.2 Å². The van der Waals surface area contributed by atoms with Crippen LogP contribution in [0.5, 0.6) is 5.75 Å². The lowest BCUT2D eigenvalue weighted by atomic mass is 10.1. The van der Waals surface area contributed by atoms with E-state index in [-0.39, 0.29) is 17.2 Å². The Balaban J connectivity index is 2.23. The Hall–Kier alpha value is -1.47. The number of amides is 1. The topological polar surface area (TPSA) is 66.6 Å². The number of nitrogens with zero attached hydrogens (tertiary/aromatic N) is 1. The Morgan fingerprint density at radius 1 is 1.33 bits per heavy atom. The second-order valence-corrected chi connectivity index (χ2v) is 6.33. The van der Waals surface area contributed by atoms with E-state index in [1.54, 1.807) is 37.4 Å². The normalized spacial score (nSPS) is 10.4. The van der Waals surface area contributed by atoms with E-state index in [2.05, 4.69) is 22.6 Å². The first-order valence-corrected chi connectivity index (χ1v) is 7.62. The molecular formula is C15H14ClIN2O2. The van der Waals surface area contributed by atoms with E-state index in [0.29, 0.717) is 17.3 Å². The maximum absolute atomic E-state index is 12.4. The number of phenolic OH excluding ortho intramolecular Hbond substituents is 1. The molecule has 0 saturated heterocycles. The zero-order valence-electron chi connectivity index (χ0n) is 11.3. The number of aromatic hydroxyl groups is 1. The van der Waals surface area contributed by atoms with Gasteiger partial charge in [0.2, 0.25) is 0 Å². The Morgan fingerprint density at radius 3 is 2.76 bits per heavy atom. The van der Waals surface area contributed by atoms with Crippen molar-refractivity contribution in [2.75, 3.05) is 12.8 Å². The number of hydrogen-bond acceptors (Lipinski definition) is 3. The molecule has 0 unspecified atom stereocenters. The Bertz CT molecular complexity index is 691. The zero-order valence-corrected chi connectivity index (χ0v) is 14.2. The van der Waals surface area contributed by atoms with E-state index < -0.39 is 0 Å². The fraction of sp³-hybridized carbons (Fsp3) is 0.133. The molecule has 6 heteroatoms. The number of rotatable bonds is 3. The van der Waals surface area contributed by atoms with Crippen LogP contribution in [0.3, 0.4) is 0 Å². The molecule has 21 heavy (non-hydrogen) atoms. The lowest BCUT2D eigenvalue weighted by Crippen LogP contribution is -2.26. The summed E-state index contributed by atoms with van der Waals surface area (Å²) in [5, 5.41) is 10.4. The SMILES string of the molecule is CN(Cc1cc(N)ccc1Cl)C(=O)c1cc(I)ccc1O. The van der Waals surface area contributed by atoms with Gasteiger partial charge >= 0.3 is 0 Å². The smallest absolute Gasteiger partial charge is 0.257 e. The quantitative estimate of drug-likeness (QED) is 0.594.